The lowest BCUT2D eigenvalue weighted by molar-refractivity contribution is -0.132. The number of rotatable bonds is 6. The number of hydrogen-bond acceptors (Lipinski definition) is 2. The molecular weight excluding hydrogens is 250 g/mol. The zero-order chi connectivity index (χ0) is 12.8. The van der Waals surface area contributed by atoms with Crippen LogP contribution in [-0.2, 0) is 11.3 Å². The monoisotopic (exact) mass is 269 g/mol. The average Bonchev–Trinajstić information content (AvgIpc) is 2.22. The summed E-state index contributed by atoms with van der Waals surface area (Å²) < 4.78 is 0. The van der Waals surface area contributed by atoms with Crippen LogP contribution in [0.1, 0.15) is 23.1 Å². The molecule has 0 aliphatic rings. The first-order chi connectivity index (χ1) is 7.99. The lowest BCUT2D eigenvalue weighted by Gasteiger charge is -2.07. The molecule has 0 amide bonds. The van der Waals surface area contributed by atoms with Gasteiger partial charge in [-0.2, -0.15) is 0 Å². The predicted octanol–water partition coefficient (Wildman–Crippen LogP) is 2.85. The minimum atomic E-state index is -0.918. The number of carboxylic acids is 1. The van der Waals surface area contributed by atoms with Crippen LogP contribution in [0.5, 0.6) is 0 Å². The van der Waals surface area contributed by atoms with Crippen LogP contribution in [0, 0.1) is 13.8 Å². The molecule has 0 radical (unpaired) electrons. The summed E-state index contributed by atoms with van der Waals surface area (Å²) in [5.41, 5.74) is 3.97. The number of carboxylic acid groups (broad SMARTS) is 1. The van der Waals surface area contributed by atoms with Crippen molar-refractivity contribution < 1.29 is 9.90 Å². The van der Waals surface area contributed by atoms with E-state index in [0.717, 1.165) is 6.54 Å². The molecule has 1 aromatic carbocycles. The van der Waals surface area contributed by atoms with Gasteiger partial charge in [0.2, 0.25) is 0 Å². The van der Waals surface area contributed by atoms with E-state index in [4.69, 9.17) is 5.11 Å². The molecule has 1 aromatic rings. The second-order valence-corrected chi connectivity index (χ2v) is 4.33. The molecule has 0 spiro atoms. The van der Waals surface area contributed by atoms with Gasteiger partial charge in [0.05, 0.1) is 0 Å². The van der Waals surface area contributed by atoms with Crippen molar-refractivity contribution in [2.75, 3.05) is 6.54 Å². The smallest absolute Gasteiger partial charge is 0.330 e. The second-order valence-electron chi connectivity index (χ2n) is 4.33. The third-order valence-corrected chi connectivity index (χ3v) is 2.52. The Labute approximate surface area is 114 Å². The van der Waals surface area contributed by atoms with Crippen LogP contribution in [0.3, 0.4) is 0 Å². The Kier molecular flexibility index (Phi) is 7.32. The van der Waals surface area contributed by atoms with Gasteiger partial charge in [-0.25, -0.2) is 4.79 Å². The molecule has 0 aliphatic carbocycles. The van der Waals surface area contributed by atoms with Gasteiger partial charge in [0.1, 0.15) is 0 Å². The van der Waals surface area contributed by atoms with E-state index >= 15 is 0 Å². The van der Waals surface area contributed by atoms with Gasteiger partial charge < -0.3 is 10.4 Å². The van der Waals surface area contributed by atoms with Crippen molar-refractivity contribution in [1.82, 2.24) is 5.32 Å². The van der Waals surface area contributed by atoms with Crippen LogP contribution >= 0.6 is 12.4 Å². The van der Waals surface area contributed by atoms with E-state index in [2.05, 4.69) is 43.9 Å². The van der Waals surface area contributed by atoms with Crippen molar-refractivity contribution in [3.63, 3.8) is 0 Å². The highest BCUT2D eigenvalue weighted by molar-refractivity contribution is 5.85. The summed E-state index contributed by atoms with van der Waals surface area (Å²) in [6.07, 6.45) is 0.472. The van der Waals surface area contributed by atoms with Gasteiger partial charge in [0.15, 0.2) is 0 Å². The number of nitrogens with one attached hydrogen (secondary N) is 1. The molecule has 18 heavy (non-hydrogen) atoms. The average molecular weight is 270 g/mol. The molecule has 0 unspecified atom stereocenters. The zero-order valence-electron chi connectivity index (χ0n) is 10.8. The van der Waals surface area contributed by atoms with Crippen molar-refractivity contribution in [1.29, 1.82) is 0 Å². The summed E-state index contributed by atoms with van der Waals surface area (Å²) in [7, 11) is 0. The Morgan fingerprint density at radius 2 is 1.83 bits per heavy atom. The molecule has 0 atom stereocenters. The van der Waals surface area contributed by atoms with Gasteiger partial charge in [-0.3, -0.25) is 0 Å². The third-order valence-electron chi connectivity index (χ3n) is 2.52. The second kappa shape index (κ2) is 7.90. The molecule has 100 valence electrons. The van der Waals surface area contributed by atoms with E-state index < -0.39 is 5.97 Å². The van der Waals surface area contributed by atoms with Gasteiger partial charge in [-0.15, -0.1) is 12.4 Å². The quantitative estimate of drug-likeness (QED) is 0.617. The van der Waals surface area contributed by atoms with Crippen molar-refractivity contribution in [2.24, 2.45) is 0 Å². The first kappa shape index (κ1) is 16.7. The maximum absolute atomic E-state index is 10.5. The maximum Gasteiger partial charge on any atom is 0.330 e. The van der Waals surface area contributed by atoms with Crippen LogP contribution in [0.15, 0.2) is 30.4 Å². The fraction of sp³-hybridized carbons (Fsp3) is 0.357. The van der Waals surface area contributed by atoms with E-state index in [0.29, 0.717) is 13.0 Å². The van der Waals surface area contributed by atoms with Gasteiger partial charge in [-0.05, 0) is 32.4 Å². The number of halogens is 1. The number of benzene rings is 1. The topological polar surface area (TPSA) is 49.3 Å². The molecule has 0 fully saturated rings. The van der Waals surface area contributed by atoms with Crippen molar-refractivity contribution >= 4 is 18.4 Å². The summed E-state index contributed by atoms with van der Waals surface area (Å²) in [6, 6.07) is 6.40. The van der Waals surface area contributed by atoms with Gasteiger partial charge in [0.25, 0.3) is 0 Å². The molecule has 1 rings (SSSR count). The summed E-state index contributed by atoms with van der Waals surface area (Å²) in [5.74, 6) is -0.918. The lowest BCUT2D eigenvalue weighted by atomic mass is 10.1. The van der Waals surface area contributed by atoms with E-state index in [9.17, 15) is 4.79 Å². The van der Waals surface area contributed by atoms with E-state index in [1.165, 1.54) is 16.7 Å². The van der Waals surface area contributed by atoms with Crippen LogP contribution < -0.4 is 5.32 Å². The highest BCUT2D eigenvalue weighted by atomic mass is 35.5. The van der Waals surface area contributed by atoms with Gasteiger partial charge in [0, 0.05) is 12.1 Å². The SMILES string of the molecule is C=C(CCNCc1cc(C)cc(C)c1)C(=O)O.Cl. The normalized spacial score (nSPS) is 9.67. The Balaban J connectivity index is 0.00000289. The number of aliphatic carboxylic acids is 1. The Bertz CT molecular complexity index is 410. The van der Waals surface area contributed by atoms with Gasteiger partial charge >= 0.3 is 5.97 Å². The molecule has 0 saturated carbocycles. The minimum Gasteiger partial charge on any atom is -0.478 e. The molecule has 0 aliphatic heterocycles. The standard InChI is InChI=1S/C14H19NO2.ClH/c1-10-6-11(2)8-13(7-10)9-15-5-4-12(3)14(16)17;/h6-8,15H,3-5,9H2,1-2H3,(H,16,17);1H. The zero-order valence-corrected chi connectivity index (χ0v) is 11.6. The number of aryl methyl sites for hydroxylation is 2. The lowest BCUT2D eigenvalue weighted by Crippen LogP contribution is -2.16. The van der Waals surface area contributed by atoms with Crippen LogP contribution in [0.2, 0.25) is 0 Å². The summed E-state index contributed by atoms with van der Waals surface area (Å²) in [6.45, 7) is 9.03. The fourth-order valence-corrected chi connectivity index (χ4v) is 1.75. The Morgan fingerprint density at radius 1 is 1.28 bits per heavy atom. The molecular formula is C14H20ClNO2. The van der Waals surface area contributed by atoms with Crippen molar-refractivity contribution in [2.45, 2.75) is 26.8 Å². The Morgan fingerprint density at radius 3 is 2.33 bits per heavy atom. The van der Waals surface area contributed by atoms with Gasteiger partial charge in [-0.1, -0.05) is 35.9 Å². The molecule has 4 heteroatoms. The molecule has 3 nitrogen and oxygen atoms in total. The van der Waals surface area contributed by atoms with Crippen LogP contribution in [0.4, 0.5) is 0 Å². The molecule has 0 heterocycles. The largest absolute Gasteiger partial charge is 0.478 e. The van der Waals surface area contributed by atoms with Crippen molar-refractivity contribution in [3.8, 4) is 0 Å². The van der Waals surface area contributed by atoms with Crippen LogP contribution in [-0.4, -0.2) is 17.6 Å². The first-order valence-corrected chi connectivity index (χ1v) is 5.68. The molecule has 0 aromatic heterocycles. The minimum absolute atomic E-state index is 0. The summed E-state index contributed by atoms with van der Waals surface area (Å²) in [4.78, 5) is 10.5. The number of carbonyl (C=O) groups is 1. The summed E-state index contributed by atoms with van der Waals surface area (Å²) in [5, 5.41) is 11.9. The van der Waals surface area contributed by atoms with Crippen LogP contribution in [0.25, 0.3) is 0 Å². The number of hydrogen-bond donors (Lipinski definition) is 2. The maximum atomic E-state index is 10.5. The summed E-state index contributed by atoms with van der Waals surface area (Å²) >= 11 is 0. The fourth-order valence-electron chi connectivity index (χ4n) is 1.75. The Hall–Kier alpha value is -1.32. The molecule has 0 bridgehead atoms. The predicted molar refractivity (Wildman–Crippen MR) is 76.3 cm³/mol. The highest BCUT2D eigenvalue weighted by Crippen LogP contribution is 2.08. The van der Waals surface area contributed by atoms with E-state index in [1.807, 2.05) is 0 Å². The third kappa shape index (κ3) is 5.84. The highest BCUT2D eigenvalue weighted by Gasteiger charge is 2.02. The first-order valence-electron chi connectivity index (χ1n) is 5.68. The molecule has 0 saturated heterocycles. The van der Waals surface area contributed by atoms with E-state index in [1.54, 1.807) is 0 Å². The van der Waals surface area contributed by atoms with E-state index in [-0.39, 0.29) is 18.0 Å². The van der Waals surface area contributed by atoms with Crippen molar-refractivity contribution in [3.05, 3.63) is 47.0 Å². The molecule has 2 N–H and O–H groups in total.